The first-order chi connectivity index (χ1) is 17.6. The zero-order valence-electron chi connectivity index (χ0n) is 19.2. The summed E-state index contributed by atoms with van der Waals surface area (Å²) in [5.41, 5.74) is 0.734. The van der Waals surface area contributed by atoms with Gasteiger partial charge in [0.25, 0.3) is 11.8 Å². The third-order valence-corrected chi connectivity index (χ3v) is 7.56. The van der Waals surface area contributed by atoms with Crippen molar-refractivity contribution in [3.8, 4) is 0 Å². The lowest BCUT2D eigenvalue weighted by atomic mass is 9.89. The molecule has 15 heteroatoms. The van der Waals surface area contributed by atoms with Gasteiger partial charge in [0, 0.05) is 22.0 Å². The number of carbonyl (C=O) groups is 2. The van der Waals surface area contributed by atoms with Gasteiger partial charge >= 0.3 is 12.4 Å². The molecule has 1 saturated heterocycles. The van der Waals surface area contributed by atoms with Gasteiger partial charge in [0.1, 0.15) is 19.2 Å². The van der Waals surface area contributed by atoms with Gasteiger partial charge in [0.2, 0.25) is 0 Å². The lowest BCUT2D eigenvalue weighted by Crippen LogP contribution is -2.44. The average Bonchev–Trinajstić information content (AvgIpc) is 3.38. The highest BCUT2D eigenvalue weighted by Gasteiger charge is 2.60. The summed E-state index contributed by atoms with van der Waals surface area (Å²) < 4.78 is 82.2. The Kier molecular flexibility index (Phi) is 7.69. The summed E-state index contributed by atoms with van der Waals surface area (Å²) in [5, 5.41) is 2.55. The second kappa shape index (κ2) is 10.2. The number of aryl methyl sites for hydroxylation is 1. The molecule has 2 atom stereocenters. The maximum absolute atomic E-state index is 14.3. The molecule has 0 aromatic heterocycles. The van der Waals surface area contributed by atoms with Crippen molar-refractivity contribution in [1.82, 2.24) is 10.4 Å². The van der Waals surface area contributed by atoms with Gasteiger partial charge in [-0.25, -0.2) is 9.46 Å². The van der Waals surface area contributed by atoms with Crippen molar-refractivity contribution in [3.63, 3.8) is 0 Å². The molecule has 4 rings (SSSR count). The summed E-state index contributed by atoms with van der Waals surface area (Å²) in [6.07, 6.45) is -9.90. The molecule has 0 bridgehead atoms. The highest BCUT2D eigenvalue weighted by molar-refractivity contribution is 7.99. The van der Waals surface area contributed by atoms with E-state index in [0.29, 0.717) is 23.1 Å². The molecule has 204 valence electrons. The van der Waals surface area contributed by atoms with E-state index in [0.717, 1.165) is 0 Å². The zero-order valence-corrected chi connectivity index (χ0v) is 21.5. The predicted molar refractivity (Wildman–Crippen MR) is 129 cm³/mol. The van der Waals surface area contributed by atoms with E-state index >= 15 is 0 Å². The summed E-state index contributed by atoms with van der Waals surface area (Å²) in [7, 11) is 0. The van der Waals surface area contributed by atoms with Crippen LogP contribution in [0.15, 0.2) is 40.8 Å². The molecule has 2 aromatic rings. The lowest BCUT2D eigenvalue weighted by Gasteiger charge is -2.30. The van der Waals surface area contributed by atoms with E-state index in [4.69, 9.17) is 28.0 Å². The number of hydrogen-bond acceptors (Lipinski definition) is 5. The lowest BCUT2D eigenvalue weighted by molar-refractivity contribution is -0.214. The van der Waals surface area contributed by atoms with Crippen LogP contribution in [0.25, 0.3) is 0 Å². The van der Waals surface area contributed by atoms with Crippen LogP contribution in [0.2, 0.25) is 10.0 Å². The van der Waals surface area contributed by atoms with Gasteiger partial charge in [0.05, 0.1) is 5.71 Å². The van der Waals surface area contributed by atoms with Crippen LogP contribution >= 0.6 is 35.1 Å². The van der Waals surface area contributed by atoms with Crippen LogP contribution in [-0.4, -0.2) is 54.1 Å². The average molecular weight is 600 g/mol. The first kappa shape index (κ1) is 28.5. The number of hydrogen-bond donors (Lipinski definition) is 1. The third kappa shape index (κ3) is 5.75. The number of amides is 2. The molecule has 2 amide bonds. The van der Waals surface area contributed by atoms with E-state index in [1.54, 1.807) is 0 Å². The van der Waals surface area contributed by atoms with E-state index in [2.05, 4.69) is 9.71 Å². The van der Waals surface area contributed by atoms with Crippen molar-refractivity contribution in [2.24, 2.45) is 4.40 Å². The zero-order chi connectivity index (χ0) is 28.0. The Morgan fingerprint density at radius 3 is 2.39 bits per heavy atom. The minimum absolute atomic E-state index is 0.0454. The van der Waals surface area contributed by atoms with Gasteiger partial charge in [0.15, 0.2) is 4.75 Å². The molecule has 2 heterocycles. The summed E-state index contributed by atoms with van der Waals surface area (Å²) in [6, 6.07) is 6.59. The standard InChI is InChI=1S/C23H17Cl2F6N3O3S/c1-11-4-12(2-3-16(11)19(35)32-18-9-37-34(20(18)36)10-22(26,27)28)17-8-21(38-33-17,23(29,30)31)13-5-14(24)7-15(25)6-13/h2-7,18H,8-10H2,1H3,(H,32,35). The smallest absolute Gasteiger partial charge is 0.338 e. The Labute approximate surface area is 226 Å². The van der Waals surface area contributed by atoms with Crippen molar-refractivity contribution in [2.75, 3.05) is 13.2 Å². The molecule has 2 aromatic carbocycles. The normalized spacial score (nSPS) is 22.1. The Morgan fingerprint density at radius 2 is 1.82 bits per heavy atom. The Bertz CT molecular complexity index is 1300. The monoisotopic (exact) mass is 599 g/mol. The van der Waals surface area contributed by atoms with Gasteiger partial charge in [-0.3, -0.25) is 14.4 Å². The van der Waals surface area contributed by atoms with Gasteiger partial charge in [-0.05, 0) is 65.9 Å². The molecule has 0 aliphatic carbocycles. The van der Waals surface area contributed by atoms with Gasteiger partial charge in [-0.1, -0.05) is 29.3 Å². The molecule has 0 saturated carbocycles. The fraction of sp³-hybridized carbons (Fsp3) is 0.348. The number of hydroxylamine groups is 2. The molecular weight excluding hydrogens is 583 g/mol. The number of nitrogens with one attached hydrogen (secondary N) is 1. The molecule has 2 aliphatic heterocycles. The quantitative estimate of drug-likeness (QED) is 0.336. The number of benzene rings is 2. The van der Waals surface area contributed by atoms with Crippen molar-refractivity contribution in [2.45, 2.75) is 36.5 Å². The number of carbonyl (C=O) groups excluding carboxylic acids is 2. The Hall–Kier alpha value is -2.48. The number of halogens is 8. The fourth-order valence-electron chi connectivity index (χ4n) is 4.04. The Morgan fingerprint density at radius 1 is 1.16 bits per heavy atom. The fourth-order valence-corrected chi connectivity index (χ4v) is 5.53. The molecule has 0 radical (unpaired) electrons. The van der Waals surface area contributed by atoms with Gasteiger partial charge < -0.3 is 5.32 Å². The van der Waals surface area contributed by atoms with Crippen LogP contribution in [-0.2, 0) is 14.4 Å². The first-order valence-electron chi connectivity index (χ1n) is 10.8. The minimum Gasteiger partial charge on any atom is -0.338 e. The molecule has 1 fully saturated rings. The van der Waals surface area contributed by atoms with Crippen LogP contribution in [0.4, 0.5) is 26.3 Å². The summed E-state index contributed by atoms with van der Waals surface area (Å²) in [5.74, 6) is -1.81. The summed E-state index contributed by atoms with van der Waals surface area (Å²) in [6.45, 7) is -0.566. The molecular formula is C23H17Cl2F6N3O3S. The number of nitrogens with zero attached hydrogens (tertiary/aromatic N) is 2. The second-order valence-electron chi connectivity index (χ2n) is 8.63. The predicted octanol–water partition coefficient (Wildman–Crippen LogP) is 6.04. The van der Waals surface area contributed by atoms with E-state index in [1.807, 2.05) is 0 Å². The van der Waals surface area contributed by atoms with Crippen molar-refractivity contribution < 1.29 is 40.8 Å². The van der Waals surface area contributed by atoms with Crippen LogP contribution in [0.1, 0.15) is 33.5 Å². The maximum atomic E-state index is 14.3. The minimum atomic E-state index is -4.71. The van der Waals surface area contributed by atoms with E-state index in [9.17, 15) is 35.9 Å². The molecule has 2 unspecified atom stereocenters. The molecule has 6 nitrogen and oxygen atoms in total. The molecule has 2 aliphatic rings. The maximum Gasteiger partial charge on any atom is 0.409 e. The van der Waals surface area contributed by atoms with Crippen molar-refractivity contribution in [3.05, 3.63) is 68.7 Å². The number of alkyl halides is 6. The summed E-state index contributed by atoms with van der Waals surface area (Å²) in [4.78, 5) is 29.6. The summed E-state index contributed by atoms with van der Waals surface area (Å²) >= 11 is 12.2. The van der Waals surface area contributed by atoms with E-state index in [-0.39, 0.29) is 31.9 Å². The van der Waals surface area contributed by atoms with Crippen molar-refractivity contribution in [1.29, 1.82) is 0 Å². The van der Waals surface area contributed by atoms with Gasteiger partial charge in [-0.15, -0.1) is 0 Å². The Balaban J connectivity index is 1.51. The van der Waals surface area contributed by atoms with E-state index in [1.165, 1.54) is 43.3 Å². The molecule has 1 N–H and O–H groups in total. The SMILES string of the molecule is Cc1cc(C2=NSC(c3cc(Cl)cc(Cl)c3)(C(F)(F)F)C2)ccc1C(=O)NC1CON(CC(F)(F)F)C1=O. The topological polar surface area (TPSA) is 71.0 Å². The highest BCUT2D eigenvalue weighted by atomic mass is 35.5. The van der Waals surface area contributed by atoms with E-state index < -0.39 is 54.5 Å². The number of rotatable bonds is 5. The molecule has 38 heavy (non-hydrogen) atoms. The second-order valence-corrected chi connectivity index (χ2v) is 10.6. The van der Waals surface area contributed by atoms with Crippen molar-refractivity contribution >= 4 is 52.7 Å². The van der Waals surface area contributed by atoms with Crippen LogP contribution in [0, 0.1) is 6.92 Å². The largest absolute Gasteiger partial charge is 0.409 e. The van der Waals surface area contributed by atoms with Crippen LogP contribution in [0.3, 0.4) is 0 Å². The third-order valence-electron chi connectivity index (χ3n) is 5.89. The first-order valence-corrected chi connectivity index (χ1v) is 12.3. The highest BCUT2D eigenvalue weighted by Crippen LogP contribution is 2.57. The van der Waals surface area contributed by atoms with Crippen LogP contribution in [0.5, 0.6) is 0 Å². The van der Waals surface area contributed by atoms with Crippen LogP contribution < -0.4 is 5.32 Å². The molecule has 0 spiro atoms. The van der Waals surface area contributed by atoms with Gasteiger partial charge in [-0.2, -0.15) is 26.3 Å².